The number of thiocarbonyl (C=S) groups is 1. The minimum absolute atomic E-state index is 0.0299. The van der Waals surface area contributed by atoms with Gasteiger partial charge in [-0.1, -0.05) is 18.3 Å². The monoisotopic (exact) mass is 301 g/mol. The van der Waals surface area contributed by atoms with Gasteiger partial charge < -0.3 is 5.73 Å². The van der Waals surface area contributed by atoms with E-state index in [1.807, 2.05) is 12.1 Å². The molecular weight excluding hydrogens is 282 g/mol. The van der Waals surface area contributed by atoms with E-state index in [1.165, 1.54) is 4.31 Å². The molecule has 0 aliphatic carbocycles. The van der Waals surface area contributed by atoms with Gasteiger partial charge in [-0.3, -0.25) is 4.98 Å². The molecule has 1 aromatic rings. The minimum atomic E-state index is -3.33. The van der Waals surface area contributed by atoms with Gasteiger partial charge >= 0.3 is 0 Å². The Balaban J connectivity index is 2.63. The Bertz CT molecular complexity index is 517. The Morgan fingerprint density at radius 1 is 1.53 bits per heavy atom. The average molecular weight is 301 g/mol. The summed E-state index contributed by atoms with van der Waals surface area (Å²) in [6, 6.07) is 5.22. The van der Waals surface area contributed by atoms with Crippen molar-refractivity contribution in [2.45, 2.75) is 25.8 Å². The number of nitrogens with zero attached hydrogens (tertiary/aromatic N) is 2. The molecule has 0 fully saturated rings. The molecular formula is C12H19N3O2S2. The maximum atomic E-state index is 12.1. The van der Waals surface area contributed by atoms with Crippen LogP contribution >= 0.6 is 12.2 Å². The lowest BCUT2D eigenvalue weighted by Gasteiger charge is -2.23. The second-order valence-electron chi connectivity index (χ2n) is 4.42. The largest absolute Gasteiger partial charge is 0.393 e. The van der Waals surface area contributed by atoms with Crippen molar-refractivity contribution in [3.63, 3.8) is 0 Å². The van der Waals surface area contributed by atoms with E-state index >= 15 is 0 Å². The fraction of sp³-hybridized carbons (Fsp3) is 0.500. The molecule has 0 amide bonds. The van der Waals surface area contributed by atoms with Gasteiger partial charge in [0.25, 0.3) is 0 Å². The van der Waals surface area contributed by atoms with E-state index in [0.29, 0.717) is 17.8 Å². The number of sulfonamides is 1. The molecule has 5 nitrogen and oxygen atoms in total. The van der Waals surface area contributed by atoms with Crippen LogP contribution in [0.4, 0.5) is 0 Å². The zero-order valence-electron chi connectivity index (χ0n) is 11.1. The molecule has 0 spiro atoms. The molecule has 0 radical (unpaired) electrons. The van der Waals surface area contributed by atoms with Gasteiger partial charge in [0.15, 0.2) is 0 Å². The summed E-state index contributed by atoms with van der Waals surface area (Å²) in [5.74, 6) is 0.0299. The summed E-state index contributed by atoms with van der Waals surface area (Å²) in [4.78, 5) is 4.43. The van der Waals surface area contributed by atoms with Crippen molar-refractivity contribution in [3.8, 4) is 0 Å². The highest BCUT2D eigenvalue weighted by molar-refractivity contribution is 7.89. The average Bonchev–Trinajstić information content (AvgIpc) is 2.36. The molecule has 0 saturated heterocycles. The van der Waals surface area contributed by atoms with Gasteiger partial charge in [-0.25, -0.2) is 12.7 Å². The van der Waals surface area contributed by atoms with Gasteiger partial charge in [-0.05, 0) is 19.1 Å². The standard InChI is InChI=1S/C12H19N3O2S2/c1-10(9-12(13)18)15(2)19(16,17)8-6-11-5-3-4-7-14-11/h3-5,7,10H,6,8-9H2,1-2H3,(H2,13,18). The van der Waals surface area contributed by atoms with Crippen molar-refractivity contribution < 1.29 is 8.42 Å². The van der Waals surface area contributed by atoms with Crippen molar-refractivity contribution >= 4 is 27.2 Å². The summed E-state index contributed by atoms with van der Waals surface area (Å²) < 4.78 is 25.6. The van der Waals surface area contributed by atoms with Crippen LogP contribution in [0.25, 0.3) is 0 Å². The molecule has 1 unspecified atom stereocenters. The summed E-state index contributed by atoms with van der Waals surface area (Å²) in [6.07, 6.45) is 2.43. The van der Waals surface area contributed by atoms with Crippen LogP contribution in [-0.4, -0.2) is 41.5 Å². The number of hydrogen-bond acceptors (Lipinski definition) is 4. The quantitative estimate of drug-likeness (QED) is 0.759. The van der Waals surface area contributed by atoms with Crippen molar-refractivity contribution in [1.29, 1.82) is 0 Å². The number of nitrogens with two attached hydrogens (primary N) is 1. The topological polar surface area (TPSA) is 76.3 Å². The van der Waals surface area contributed by atoms with E-state index in [9.17, 15) is 8.42 Å². The van der Waals surface area contributed by atoms with Crippen LogP contribution in [-0.2, 0) is 16.4 Å². The summed E-state index contributed by atoms with van der Waals surface area (Å²) in [5.41, 5.74) is 6.20. The third-order valence-electron chi connectivity index (χ3n) is 2.90. The fourth-order valence-electron chi connectivity index (χ4n) is 1.62. The van der Waals surface area contributed by atoms with Crippen LogP contribution in [0.5, 0.6) is 0 Å². The first kappa shape index (κ1) is 16.0. The first-order chi connectivity index (χ1) is 8.83. The van der Waals surface area contributed by atoms with E-state index in [4.69, 9.17) is 18.0 Å². The minimum Gasteiger partial charge on any atom is -0.393 e. The number of rotatable bonds is 7. The Kier molecular flexibility index (Phi) is 5.84. The molecule has 106 valence electrons. The molecule has 1 atom stereocenters. The molecule has 2 N–H and O–H groups in total. The van der Waals surface area contributed by atoms with Crippen molar-refractivity contribution in [3.05, 3.63) is 30.1 Å². The lowest BCUT2D eigenvalue weighted by Crippen LogP contribution is -2.39. The van der Waals surface area contributed by atoms with Crippen LogP contribution in [0.3, 0.4) is 0 Å². The third kappa shape index (κ3) is 5.22. The van der Waals surface area contributed by atoms with Crippen molar-refractivity contribution in [2.24, 2.45) is 5.73 Å². The first-order valence-corrected chi connectivity index (χ1v) is 7.98. The lowest BCUT2D eigenvalue weighted by molar-refractivity contribution is 0.397. The molecule has 1 heterocycles. The maximum absolute atomic E-state index is 12.1. The van der Waals surface area contributed by atoms with E-state index in [2.05, 4.69) is 4.98 Å². The molecule has 0 bridgehead atoms. The van der Waals surface area contributed by atoms with Crippen LogP contribution in [0.1, 0.15) is 19.0 Å². The molecule has 0 aliphatic rings. The fourth-order valence-corrected chi connectivity index (χ4v) is 3.24. The van der Waals surface area contributed by atoms with Gasteiger partial charge in [0.05, 0.1) is 10.7 Å². The molecule has 0 aromatic carbocycles. The second kappa shape index (κ2) is 6.93. The Morgan fingerprint density at radius 2 is 2.21 bits per heavy atom. The van der Waals surface area contributed by atoms with Crippen molar-refractivity contribution in [1.82, 2.24) is 9.29 Å². The summed E-state index contributed by atoms with van der Waals surface area (Å²) in [5, 5.41) is 0. The summed E-state index contributed by atoms with van der Waals surface area (Å²) in [6.45, 7) is 1.79. The van der Waals surface area contributed by atoms with Gasteiger partial charge in [0.2, 0.25) is 10.0 Å². The van der Waals surface area contributed by atoms with Gasteiger partial charge in [0.1, 0.15) is 0 Å². The Labute approximate surface area is 119 Å². The van der Waals surface area contributed by atoms with Crippen LogP contribution < -0.4 is 5.73 Å². The summed E-state index contributed by atoms with van der Waals surface area (Å²) >= 11 is 4.80. The Hall–Kier alpha value is -1.05. The normalized spacial score (nSPS) is 13.4. The number of aryl methyl sites for hydroxylation is 1. The third-order valence-corrected chi connectivity index (χ3v) is 5.02. The number of aromatic nitrogens is 1. The Morgan fingerprint density at radius 3 is 2.74 bits per heavy atom. The van der Waals surface area contributed by atoms with E-state index in [1.54, 1.807) is 26.2 Å². The molecule has 19 heavy (non-hydrogen) atoms. The smallest absolute Gasteiger partial charge is 0.214 e. The number of pyridine rings is 1. The first-order valence-electron chi connectivity index (χ1n) is 5.97. The number of hydrogen-bond donors (Lipinski definition) is 1. The van der Waals surface area contributed by atoms with E-state index in [0.717, 1.165) is 5.69 Å². The van der Waals surface area contributed by atoms with Crippen LogP contribution in [0.2, 0.25) is 0 Å². The molecule has 7 heteroatoms. The lowest BCUT2D eigenvalue weighted by atomic mass is 10.2. The zero-order valence-corrected chi connectivity index (χ0v) is 12.7. The zero-order chi connectivity index (χ0) is 14.5. The van der Waals surface area contributed by atoms with Crippen LogP contribution in [0, 0.1) is 0 Å². The van der Waals surface area contributed by atoms with Gasteiger partial charge in [0, 0.05) is 37.8 Å². The summed E-state index contributed by atoms with van der Waals surface area (Å²) in [7, 11) is -1.77. The van der Waals surface area contributed by atoms with Gasteiger partial charge in [-0.2, -0.15) is 0 Å². The van der Waals surface area contributed by atoms with Crippen molar-refractivity contribution in [2.75, 3.05) is 12.8 Å². The molecule has 0 saturated carbocycles. The molecule has 1 rings (SSSR count). The van der Waals surface area contributed by atoms with Crippen LogP contribution in [0.15, 0.2) is 24.4 Å². The SMILES string of the molecule is CC(CC(N)=S)N(C)S(=O)(=O)CCc1ccccn1. The predicted molar refractivity (Wildman–Crippen MR) is 80.4 cm³/mol. The van der Waals surface area contributed by atoms with Gasteiger partial charge in [-0.15, -0.1) is 0 Å². The highest BCUT2D eigenvalue weighted by Crippen LogP contribution is 2.10. The maximum Gasteiger partial charge on any atom is 0.214 e. The predicted octanol–water partition coefficient (Wildman–Crippen LogP) is 0.950. The second-order valence-corrected chi connectivity index (χ2v) is 7.10. The van der Waals surface area contributed by atoms with E-state index < -0.39 is 10.0 Å². The van der Waals surface area contributed by atoms with E-state index in [-0.39, 0.29) is 11.8 Å². The highest BCUT2D eigenvalue weighted by Gasteiger charge is 2.23. The molecule has 1 aromatic heterocycles. The molecule has 0 aliphatic heterocycles. The highest BCUT2D eigenvalue weighted by atomic mass is 32.2.